The monoisotopic (exact) mass is 216 g/mol. The van der Waals surface area contributed by atoms with Crippen LogP contribution in [0.25, 0.3) is 0 Å². The third kappa shape index (κ3) is 1.67. The van der Waals surface area contributed by atoms with Gasteiger partial charge in [-0.25, -0.2) is 13.4 Å². The molecule has 5 nitrogen and oxygen atoms in total. The normalized spacial score (nSPS) is 25.4. The van der Waals surface area contributed by atoms with Crippen molar-refractivity contribution in [2.24, 2.45) is 5.73 Å². The smallest absolute Gasteiger partial charge is 0.181 e. The van der Waals surface area contributed by atoms with E-state index in [9.17, 15) is 8.42 Å². The fourth-order valence-electron chi connectivity index (χ4n) is 1.77. The summed E-state index contributed by atoms with van der Waals surface area (Å²) in [6.45, 7) is 0.294. The van der Waals surface area contributed by atoms with Crippen LogP contribution in [0.2, 0.25) is 0 Å². The Balaban J connectivity index is 2.25. The summed E-state index contributed by atoms with van der Waals surface area (Å²) < 4.78 is 27.7. The minimum atomic E-state index is -2.88. The molecular formula is C8H12N2O3S. The molecule has 6 heteroatoms. The number of hydrogen-bond donors (Lipinski definition) is 1. The van der Waals surface area contributed by atoms with Crippen molar-refractivity contribution in [1.29, 1.82) is 0 Å². The van der Waals surface area contributed by atoms with E-state index < -0.39 is 9.84 Å². The average molecular weight is 216 g/mol. The van der Waals surface area contributed by atoms with Crippen LogP contribution >= 0.6 is 0 Å². The molecular weight excluding hydrogens is 204 g/mol. The zero-order valence-corrected chi connectivity index (χ0v) is 8.46. The number of aromatic nitrogens is 1. The Kier molecular flexibility index (Phi) is 2.32. The predicted molar refractivity (Wildman–Crippen MR) is 50.4 cm³/mol. The van der Waals surface area contributed by atoms with E-state index in [0.29, 0.717) is 24.4 Å². The SMILES string of the molecule is NCc1ncoc1C1CCS(=O)(=O)C1. The van der Waals surface area contributed by atoms with Crippen molar-refractivity contribution in [2.75, 3.05) is 11.5 Å². The Morgan fingerprint density at radius 2 is 2.43 bits per heavy atom. The molecule has 2 N–H and O–H groups in total. The standard InChI is InChI=1S/C8H12N2O3S/c9-3-7-8(13-5-10-7)6-1-2-14(11,12)4-6/h5-6H,1-4,9H2. The van der Waals surface area contributed by atoms with Gasteiger partial charge in [-0.15, -0.1) is 0 Å². The molecule has 0 radical (unpaired) electrons. The van der Waals surface area contributed by atoms with Gasteiger partial charge in [0.25, 0.3) is 0 Å². The first-order valence-corrected chi connectivity index (χ1v) is 6.27. The molecule has 1 fully saturated rings. The summed E-state index contributed by atoms with van der Waals surface area (Å²) in [5, 5.41) is 0. The summed E-state index contributed by atoms with van der Waals surface area (Å²) >= 11 is 0. The molecule has 0 spiro atoms. The molecule has 2 rings (SSSR count). The molecule has 1 aliphatic heterocycles. The van der Waals surface area contributed by atoms with Gasteiger partial charge in [-0.1, -0.05) is 0 Å². The van der Waals surface area contributed by atoms with Crippen molar-refractivity contribution in [2.45, 2.75) is 18.9 Å². The molecule has 1 atom stereocenters. The largest absolute Gasteiger partial charge is 0.448 e. The van der Waals surface area contributed by atoms with Gasteiger partial charge in [-0.2, -0.15) is 0 Å². The first-order chi connectivity index (χ1) is 6.62. The number of rotatable bonds is 2. The quantitative estimate of drug-likeness (QED) is 0.754. The van der Waals surface area contributed by atoms with E-state index in [1.54, 1.807) is 0 Å². The fourth-order valence-corrected chi connectivity index (χ4v) is 3.51. The predicted octanol–water partition coefficient (Wildman–Crippen LogP) is 0.0354. The Bertz CT molecular complexity index is 424. The molecule has 1 aliphatic rings. The summed E-state index contributed by atoms with van der Waals surface area (Å²) in [6, 6.07) is 0. The molecule has 0 aromatic carbocycles. The van der Waals surface area contributed by atoms with E-state index in [2.05, 4.69) is 4.98 Å². The lowest BCUT2D eigenvalue weighted by molar-refractivity contribution is 0.469. The summed E-state index contributed by atoms with van der Waals surface area (Å²) in [6.07, 6.45) is 1.94. The molecule has 0 amide bonds. The van der Waals surface area contributed by atoms with E-state index >= 15 is 0 Å². The van der Waals surface area contributed by atoms with Gasteiger partial charge in [0.05, 0.1) is 17.2 Å². The average Bonchev–Trinajstić information content (AvgIpc) is 2.70. The number of nitrogens with two attached hydrogens (primary N) is 1. The van der Waals surface area contributed by atoms with E-state index in [0.717, 1.165) is 0 Å². The molecule has 1 unspecified atom stereocenters. The maximum Gasteiger partial charge on any atom is 0.181 e. The summed E-state index contributed by atoms with van der Waals surface area (Å²) in [7, 11) is -2.88. The Morgan fingerprint density at radius 3 is 3.00 bits per heavy atom. The molecule has 1 aromatic rings. The van der Waals surface area contributed by atoms with Crippen molar-refractivity contribution in [3.8, 4) is 0 Å². The van der Waals surface area contributed by atoms with Gasteiger partial charge in [0.1, 0.15) is 5.76 Å². The highest BCUT2D eigenvalue weighted by Crippen LogP contribution is 2.30. The van der Waals surface area contributed by atoms with Crippen LogP contribution in [0.3, 0.4) is 0 Å². The van der Waals surface area contributed by atoms with E-state index in [4.69, 9.17) is 10.2 Å². The third-order valence-electron chi connectivity index (χ3n) is 2.47. The second-order valence-corrected chi connectivity index (χ2v) is 5.70. The maximum absolute atomic E-state index is 11.2. The molecule has 14 heavy (non-hydrogen) atoms. The van der Waals surface area contributed by atoms with Crippen molar-refractivity contribution in [3.05, 3.63) is 17.8 Å². The number of sulfone groups is 1. The van der Waals surface area contributed by atoms with E-state index in [1.807, 2.05) is 0 Å². The Labute approximate surface area is 82.2 Å². The van der Waals surface area contributed by atoms with Crippen LogP contribution in [0.5, 0.6) is 0 Å². The molecule has 0 aliphatic carbocycles. The molecule has 0 saturated carbocycles. The van der Waals surface area contributed by atoms with Crippen LogP contribution in [0.4, 0.5) is 0 Å². The van der Waals surface area contributed by atoms with Gasteiger partial charge >= 0.3 is 0 Å². The molecule has 0 bridgehead atoms. The van der Waals surface area contributed by atoms with Gasteiger partial charge < -0.3 is 10.2 Å². The highest BCUT2D eigenvalue weighted by atomic mass is 32.2. The molecule has 1 aromatic heterocycles. The van der Waals surface area contributed by atoms with Crippen LogP contribution in [0.15, 0.2) is 10.8 Å². The first kappa shape index (κ1) is 9.67. The zero-order valence-electron chi connectivity index (χ0n) is 7.64. The fraction of sp³-hybridized carbons (Fsp3) is 0.625. The minimum Gasteiger partial charge on any atom is -0.448 e. The van der Waals surface area contributed by atoms with Crippen LogP contribution < -0.4 is 5.73 Å². The lowest BCUT2D eigenvalue weighted by Crippen LogP contribution is -2.07. The summed E-state index contributed by atoms with van der Waals surface area (Å²) in [4.78, 5) is 3.94. The highest BCUT2D eigenvalue weighted by Gasteiger charge is 2.32. The first-order valence-electron chi connectivity index (χ1n) is 4.45. The second kappa shape index (κ2) is 3.36. The third-order valence-corrected chi connectivity index (χ3v) is 4.24. The van der Waals surface area contributed by atoms with Crippen molar-refractivity contribution >= 4 is 9.84 Å². The number of hydrogen-bond acceptors (Lipinski definition) is 5. The second-order valence-electron chi connectivity index (χ2n) is 3.47. The Hall–Kier alpha value is -0.880. The summed E-state index contributed by atoms with van der Waals surface area (Å²) in [5.41, 5.74) is 6.13. The minimum absolute atomic E-state index is 0.0546. The van der Waals surface area contributed by atoms with Gasteiger partial charge in [-0.05, 0) is 6.42 Å². The zero-order chi connectivity index (χ0) is 10.2. The topological polar surface area (TPSA) is 86.2 Å². The number of nitrogens with zero attached hydrogens (tertiary/aromatic N) is 1. The van der Waals surface area contributed by atoms with Crippen molar-refractivity contribution in [1.82, 2.24) is 4.98 Å². The van der Waals surface area contributed by atoms with Gasteiger partial charge in [-0.3, -0.25) is 0 Å². The van der Waals surface area contributed by atoms with E-state index in [-0.39, 0.29) is 17.4 Å². The van der Waals surface area contributed by atoms with Crippen LogP contribution in [-0.2, 0) is 16.4 Å². The Morgan fingerprint density at radius 1 is 1.64 bits per heavy atom. The van der Waals surface area contributed by atoms with Crippen molar-refractivity contribution in [3.63, 3.8) is 0 Å². The van der Waals surface area contributed by atoms with Crippen molar-refractivity contribution < 1.29 is 12.8 Å². The van der Waals surface area contributed by atoms with Crippen LogP contribution in [-0.4, -0.2) is 24.9 Å². The van der Waals surface area contributed by atoms with Gasteiger partial charge in [0, 0.05) is 12.5 Å². The van der Waals surface area contributed by atoms with Crippen LogP contribution in [0.1, 0.15) is 23.8 Å². The van der Waals surface area contributed by atoms with E-state index in [1.165, 1.54) is 6.39 Å². The summed E-state index contributed by atoms with van der Waals surface area (Å²) in [5.74, 6) is 0.993. The molecule has 78 valence electrons. The molecule has 1 saturated heterocycles. The van der Waals surface area contributed by atoms with Gasteiger partial charge in [0.2, 0.25) is 0 Å². The van der Waals surface area contributed by atoms with Crippen LogP contribution in [0, 0.1) is 0 Å². The number of oxazole rings is 1. The van der Waals surface area contributed by atoms with Gasteiger partial charge in [0.15, 0.2) is 16.2 Å². The lowest BCUT2D eigenvalue weighted by atomic mass is 10.0. The lowest BCUT2D eigenvalue weighted by Gasteiger charge is -2.04. The maximum atomic E-state index is 11.2. The molecule has 2 heterocycles. The highest BCUT2D eigenvalue weighted by molar-refractivity contribution is 7.91.